The fraction of sp³-hybridized carbons (Fsp3) is 0.150. The quantitative estimate of drug-likeness (QED) is 0.566. The van der Waals surface area contributed by atoms with E-state index in [1.54, 1.807) is 24.3 Å². The van der Waals surface area contributed by atoms with Gasteiger partial charge in [-0.25, -0.2) is 9.82 Å². The van der Waals surface area contributed by atoms with Gasteiger partial charge in [-0.15, -0.1) is 0 Å². The molecule has 0 atom stereocenters. The lowest BCUT2D eigenvalue weighted by Gasteiger charge is -2.06. The topological polar surface area (TPSA) is 59.3 Å². The molecule has 0 saturated heterocycles. The summed E-state index contributed by atoms with van der Waals surface area (Å²) in [5.41, 5.74) is 6.81. The highest BCUT2D eigenvalue weighted by molar-refractivity contribution is 5.94. The second kappa shape index (κ2) is 7.74. The van der Waals surface area contributed by atoms with Crippen molar-refractivity contribution in [3.8, 4) is 0 Å². The van der Waals surface area contributed by atoms with Gasteiger partial charge in [-0.05, 0) is 55.3 Å². The van der Waals surface area contributed by atoms with E-state index in [2.05, 4.69) is 15.6 Å². The number of nitrogens with one attached hydrogen (secondary N) is 1. The summed E-state index contributed by atoms with van der Waals surface area (Å²) in [6.07, 6.45) is 1.47. The highest BCUT2D eigenvalue weighted by Crippen LogP contribution is 2.09. The van der Waals surface area contributed by atoms with E-state index < -0.39 is 0 Å². The molecule has 1 heterocycles. The zero-order chi connectivity index (χ0) is 18.5. The minimum atomic E-state index is -0.313. The van der Waals surface area contributed by atoms with Crippen LogP contribution in [0.25, 0.3) is 0 Å². The molecule has 5 nitrogen and oxygen atoms in total. The summed E-state index contributed by atoms with van der Waals surface area (Å²) >= 11 is 0. The van der Waals surface area contributed by atoms with Crippen molar-refractivity contribution in [1.82, 2.24) is 15.2 Å². The van der Waals surface area contributed by atoms with Crippen LogP contribution in [0.5, 0.6) is 0 Å². The van der Waals surface area contributed by atoms with Gasteiger partial charge in [0.2, 0.25) is 0 Å². The van der Waals surface area contributed by atoms with Crippen LogP contribution in [-0.4, -0.2) is 21.9 Å². The number of amides is 1. The van der Waals surface area contributed by atoms with Crippen LogP contribution in [0.15, 0.2) is 59.7 Å². The first-order chi connectivity index (χ1) is 12.5. The minimum Gasteiger partial charge on any atom is -0.267 e. The second-order valence-electron chi connectivity index (χ2n) is 6.03. The number of rotatable bonds is 5. The number of aryl methyl sites for hydroxylation is 2. The van der Waals surface area contributed by atoms with E-state index in [-0.39, 0.29) is 11.7 Å². The van der Waals surface area contributed by atoms with Crippen LogP contribution in [0.4, 0.5) is 4.39 Å². The van der Waals surface area contributed by atoms with Crippen LogP contribution in [0.2, 0.25) is 0 Å². The summed E-state index contributed by atoms with van der Waals surface area (Å²) in [5.74, 6) is -0.618. The number of aromatic nitrogens is 2. The van der Waals surface area contributed by atoms with Crippen molar-refractivity contribution in [2.75, 3.05) is 0 Å². The third-order valence-electron chi connectivity index (χ3n) is 3.90. The molecular weight excluding hydrogens is 331 g/mol. The largest absolute Gasteiger partial charge is 0.271 e. The summed E-state index contributed by atoms with van der Waals surface area (Å²) in [6, 6.07) is 15.2. The van der Waals surface area contributed by atoms with E-state index in [1.807, 2.05) is 36.7 Å². The van der Waals surface area contributed by atoms with Crippen molar-refractivity contribution in [3.63, 3.8) is 0 Å². The normalized spacial score (nSPS) is 11.0. The standard InChI is InChI=1S/C20H19FN4O/c1-14-11-15(2)25(24-14)13-17-3-7-18(8-4-17)20(26)23-22-12-16-5-9-19(21)10-6-16/h3-12H,13H2,1-2H3,(H,23,26)/b22-12+. The molecule has 6 heteroatoms. The van der Waals surface area contributed by atoms with Crippen molar-refractivity contribution < 1.29 is 9.18 Å². The van der Waals surface area contributed by atoms with Gasteiger partial charge in [-0.3, -0.25) is 9.48 Å². The summed E-state index contributed by atoms with van der Waals surface area (Å²) in [5, 5.41) is 8.32. The van der Waals surface area contributed by atoms with Crippen LogP contribution < -0.4 is 5.43 Å². The molecule has 0 spiro atoms. The van der Waals surface area contributed by atoms with E-state index in [9.17, 15) is 9.18 Å². The molecule has 0 bridgehead atoms. The lowest BCUT2D eigenvalue weighted by Crippen LogP contribution is -2.17. The first kappa shape index (κ1) is 17.5. The Hall–Kier alpha value is -3.28. The SMILES string of the molecule is Cc1cc(C)n(Cc2ccc(C(=O)N/N=C/c3ccc(F)cc3)cc2)n1. The number of carbonyl (C=O) groups excluding carboxylic acids is 1. The van der Waals surface area contributed by atoms with Gasteiger partial charge in [0, 0.05) is 11.3 Å². The Labute approximate surface area is 151 Å². The Morgan fingerprint density at radius 3 is 2.46 bits per heavy atom. The van der Waals surface area contributed by atoms with Gasteiger partial charge in [0.15, 0.2) is 0 Å². The van der Waals surface area contributed by atoms with Gasteiger partial charge >= 0.3 is 0 Å². The molecule has 3 rings (SSSR count). The van der Waals surface area contributed by atoms with Crippen molar-refractivity contribution in [3.05, 3.63) is 88.5 Å². The molecule has 132 valence electrons. The van der Waals surface area contributed by atoms with Gasteiger partial charge in [-0.1, -0.05) is 24.3 Å². The Morgan fingerprint density at radius 1 is 1.15 bits per heavy atom. The van der Waals surface area contributed by atoms with Crippen LogP contribution in [-0.2, 0) is 6.54 Å². The molecule has 0 aliphatic rings. The highest BCUT2D eigenvalue weighted by atomic mass is 19.1. The average Bonchev–Trinajstić information content (AvgIpc) is 2.94. The zero-order valence-electron chi connectivity index (χ0n) is 14.6. The van der Waals surface area contributed by atoms with Gasteiger partial charge < -0.3 is 0 Å². The number of halogens is 1. The molecule has 2 aromatic carbocycles. The molecule has 0 aliphatic heterocycles. The number of hydrazone groups is 1. The first-order valence-electron chi connectivity index (χ1n) is 8.20. The van der Waals surface area contributed by atoms with Crippen molar-refractivity contribution in [1.29, 1.82) is 0 Å². The second-order valence-corrected chi connectivity index (χ2v) is 6.03. The molecule has 1 N–H and O–H groups in total. The predicted molar refractivity (Wildman–Crippen MR) is 98.7 cm³/mol. The third kappa shape index (κ3) is 4.42. The van der Waals surface area contributed by atoms with Crippen molar-refractivity contribution in [2.45, 2.75) is 20.4 Å². The number of hydrogen-bond donors (Lipinski definition) is 1. The molecular formula is C20H19FN4O. The molecule has 26 heavy (non-hydrogen) atoms. The summed E-state index contributed by atoms with van der Waals surface area (Å²) in [4.78, 5) is 12.1. The summed E-state index contributed by atoms with van der Waals surface area (Å²) in [6.45, 7) is 4.63. The summed E-state index contributed by atoms with van der Waals surface area (Å²) < 4.78 is 14.8. The van der Waals surface area contributed by atoms with Gasteiger partial charge in [0.1, 0.15) is 5.82 Å². The lowest BCUT2D eigenvalue weighted by atomic mass is 10.1. The van der Waals surface area contributed by atoms with E-state index in [1.165, 1.54) is 18.3 Å². The number of hydrogen-bond acceptors (Lipinski definition) is 3. The van der Waals surface area contributed by atoms with E-state index in [0.717, 1.165) is 17.0 Å². The van der Waals surface area contributed by atoms with E-state index >= 15 is 0 Å². The Balaban J connectivity index is 1.59. The molecule has 0 fully saturated rings. The van der Waals surface area contributed by atoms with E-state index in [0.29, 0.717) is 17.7 Å². The maximum absolute atomic E-state index is 12.8. The lowest BCUT2D eigenvalue weighted by molar-refractivity contribution is 0.0955. The number of carbonyl (C=O) groups is 1. The number of nitrogens with zero attached hydrogens (tertiary/aromatic N) is 3. The monoisotopic (exact) mass is 350 g/mol. The van der Waals surface area contributed by atoms with E-state index in [4.69, 9.17) is 0 Å². The van der Waals surface area contributed by atoms with Gasteiger partial charge in [0.05, 0.1) is 18.5 Å². The molecule has 3 aromatic rings. The summed E-state index contributed by atoms with van der Waals surface area (Å²) in [7, 11) is 0. The van der Waals surface area contributed by atoms with Crippen LogP contribution in [0.3, 0.4) is 0 Å². The first-order valence-corrected chi connectivity index (χ1v) is 8.20. The Morgan fingerprint density at radius 2 is 1.85 bits per heavy atom. The molecule has 0 aliphatic carbocycles. The zero-order valence-corrected chi connectivity index (χ0v) is 14.6. The van der Waals surface area contributed by atoms with Crippen LogP contribution >= 0.6 is 0 Å². The van der Waals surface area contributed by atoms with Crippen LogP contribution in [0, 0.1) is 19.7 Å². The molecule has 0 saturated carbocycles. The molecule has 0 radical (unpaired) electrons. The minimum absolute atomic E-state index is 0.305. The molecule has 0 unspecified atom stereocenters. The van der Waals surface area contributed by atoms with Gasteiger partial charge in [0.25, 0.3) is 5.91 Å². The third-order valence-corrected chi connectivity index (χ3v) is 3.90. The fourth-order valence-corrected chi connectivity index (χ4v) is 2.55. The number of benzene rings is 2. The average molecular weight is 350 g/mol. The Bertz CT molecular complexity index is 927. The van der Waals surface area contributed by atoms with Crippen molar-refractivity contribution >= 4 is 12.1 Å². The van der Waals surface area contributed by atoms with Crippen molar-refractivity contribution in [2.24, 2.45) is 5.10 Å². The highest BCUT2D eigenvalue weighted by Gasteiger charge is 2.06. The smallest absolute Gasteiger partial charge is 0.267 e. The maximum atomic E-state index is 12.8. The Kier molecular flexibility index (Phi) is 5.22. The van der Waals surface area contributed by atoms with Gasteiger partial charge in [-0.2, -0.15) is 10.2 Å². The van der Waals surface area contributed by atoms with Crippen LogP contribution in [0.1, 0.15) is 32.9 Å². The molecule has 1 aromatic heterocycles. The predicted octanol–water partition coefficient (Wildman–Crippen LogP) is 3.45. The fourth-order valence-electron chi connectivity index (χ4n) is 2.55. The maximum Gasteiger partial charge on any atom is 0.271 e. The molecule has 1 amide bonds.